The van der Waals surface area contributed by atoms with Gasteiger partial charge in [-0.1, -0.05) is 11.6 Å². The van der Waals surface area contributed by atoms with Crippen molar-refractivity contribution in [3.8, 4) is 0 Å². The second-order valence-electron chi connectivity index (χ2n) is 5.30. The predicted octanol–water partition coefficient (Wildman–Crippen LogP) is -1.04. The number of aryl methyl sites for hydroxylation is 1. The van der Waals surface area contributed by atoms with E-state index >= 15 is 0 Å². The minimum Gasteiger partial charge on any atom is -0.388 e. The zero-order valence-electron chi connectivity index (χ0n) is 11.3. The summed E-state index contributed by atoms with van der Waals surface area (Å²) in [6, 6.07) is 4.93. The van der Waals surface area contributed by atoms with E-state index in [4.69, 9.17) is 4.74 Å². The number of fused-ring (bicyclic) bond motifs is 1. The molecule has 0 bridgehead atoms. The van der Waals surface area contributed by atoms with Gasteiger partial charge in [0.05, 0.1) is 17.9 Å². The molecule has 1 aromatic rings. The highest BCUT2D eigenvalue weighted by Crippen LogP contribution is 2.34. The van der Waals surface area contributed by atoms with Crippen molar-refractivity contribution >= 4 is 17.4 Å². The Hall–Kier alpha value is -1.80. The Morgan fingerprint density at radius 2 is 1.90 bits per heavy atom. The molecule has 0 radical (unpaired) electrons. The molecule has 2 aliphatic rings. The molecular weight excluding hydrogens is 278 g/mol. The van der Waals surface area contributed by atoms with Gasteiger partial charge in [-0.15, -0.1) is 0 Å². The zero-order chi connectivity index (χ0) is 15.3. The lowest BCUT2D eigenvalue weighted by Gasteiger charge is -2.39. The Balaban J connectivity index is 2.00. The van der Waals surface area contributed by atoms with Crippen molar-refractivity contribution in [1.29, 1.82) is 0 Å². The van der Waals surface area contributed by atoms with Crippen LogP contribution in [0.25, 0.3) is 0 Å². The number of nitrogens with zero attached hydrogens (tertiary/aromatic N) is 1. The minimum absolute atomic E-state index is 0.234. The van der Waals surface area contributed by atoms with Crippen molar-refractivity contribution in [2.24, 2.45) is 0 Å². The lowest BCUT2D eigenvalue weighted by molar-refractivity contribution is -0.187. The zero-order valence-corrected chi connectivity index (χ0v) is 11.3. The van der Waals surface area contributed by atoms with Crippen molar-refractivity contribution in [2.75, 3.05) is 11.5 Å². The Morgan fingerprint density at radius 1 is 1.19 bits per heavy atom. The quantitative estimate of drug-likeness (QED) is 0.571. The Bertz CT molecular complexity index is 615. The molecule has 1 fully saturated rings. The number of aliphatic hydroxyl groups excluding tert-OH is 3. The molecule has 0 saturated carbocycles. The molecule has 7 heteroatoms. The van der Waals surface area contributed by atoms with Crippen molar-refractivity contribution < 1.29 is 29.6 Å². The molecule has 1 aromatic carbocycles. The first-order chi connectivity index (χ1) is 9.91. The lowest BCUT2D eigenvalue weighted by atomic mass is 10.0. The van der Waals surface area contributed by atoms with Crippen LogP contribution in [-0.4, -0.2) is 58.2 Å². The summed E-state index contributed by atoms with van der Waals surface area (Å²) in [6.45, 7) is 1.56. The number of benzene rings is 1. The van der Waals surface area contributed by atoms with Gasteiger partial charge in [-0.2, -0.15) is 0 Å². The Labute approximate surface area is 120 Å². The summed E-state index contributed by atoms with van der Waals surface area (Å²) < 4.78 is 5.26. The molecule has 0 aromatic heterocycles. The van der Waals surface area contributed by atoms with Gasteiger partial charge in [0.25, 0.3) is 5.78 Å². The standard InChI is InChI=1S/C14H15NO6/c1-6-2-3-8-7(4-6)10(17)13(20)15(8)14-12(19)11(18)9(16)5-21-14/h2-4,9,11-12,14,16,18-19H,5H2,1H3/t9-,11-,12+,14+/m0/s1. The van der Waals surface area contributed by atoms with E-state index in [1.165, 1.54) is 0 Å². The van der Waals surface area contributed by atoms with Crippen LogP contribution in [0.2, 0.25) is 0 Å². The van der Waals surface area contributed by atoms with E-state index < -0.39 is 36.2 Å². The number of hydrogen-bond acceptors (Lipinski definition) is 6. The molecule has 21 heavy (non-hydrogen) atoms. The van der Waals surface area contributed by atoms with Crippen LogP contribution in [-0.2, 0) is 9.53 Å². The third-order valence-corrected chi connectivity index (χ3v) is 3.80. The molecule has 3 N–H and O–H groups in total. The highest BCUT2D eigenvalue weighted by Gasteiger charge is 2.48. The second-order valence-corrected chi connectivity index (χ2v) is 5.30. The molecule has 7 nitrogen and oxygen atoms in total. The van der Waals surface area contributed by atoms with Gasteiger partial charge in [0, 0.05) is 0 Å². The summed E-state index contributed by atoms with van der Waals surface area (Å²) in [5.41, 5.74) is 1.41. The number of amides is 1. The smallest absolute Gasteiger partial charge is 0.301 e. The highest BCUT2D eigenvalue weighted by molar-refractivity contribution is 6.52. The number of anilines is 1. The highest BCUT2D eigenvalue weighted by atomic mass is 16.5. The molecule has 3 rings (SSSR count). The van der Waals surface area contributed by atoms with E-state index in [9.17, 15) is 24.9 Å². The number of ether oxygens (including phenoxy) is 1. The molecule has 1 amide bonds. The number of ketones is 1. The summed E-state index contributed by atoms with van der Waals surface area (Å²) in [6.07, 6.45) is -5.38. The minimum atomic E-state index is -1.50. The fourth-order valence-electron chi connectivity index (χ4n) is 2.65. The van der Waals surface area contributed by atoms with Crippen LogP contribution in [0.3, 0.4) is 0 Å². The average molecular weight is 293 g/mol. The van der Waals surface area contributed by atoms with E-state index in [-0.39, 0.29) is 12.2 Å². The van der Waals surface area contributed by atoms with Crippen LogP contribution in [0, 0.1) is 6.92 Å². The van der Waals surface area contributed by atoms with Gasteiger partial charge in [0.1, 0.15) is 18.3 Å². The van der Waals surface area contributed by atoms with Gasteiger partial charge in [-0.3, -0.25) is 14.5 Å². The lowest BCUT2D eigenvalue weighted by Crippen LogP contribution is -2.60. The largest absolute Gasteiger partial charge is 0.388 e. The number of Topliss-reactive ketones (excluding diaryl/α,β-unsaturated/α-hetero) is 1. The number of carbonyl (C=O) groups excluding carboxylic acids is 2. The normalized spacial score (nSPS) is 32.5. The topological polar surface area (TPSA) is 107 Å². The fourth-order valence-corrected chi connectivity index (χ4v) is 2.65. The number of rotatable bonds is 1. The molecule has 0 aliphatic carbocycles. The molecule has 2 heterocycles. The number of carbonyl (C=O) groups is 2. The van der Waals surface area contributed by atoms with Gasteiger partial charge in [0.2, 0.25) is 0 Å². The summed E-state index contributed by atoms with van der Waals surface area (Å²) in [4.78, 5) is 25.2. The number of aliphatic hydroxyl groups is 3. The van der Waals surface area contributed by atoms with Crippen molar-refractivity contribution in [2.45, 2.75) is 31.5 Å². The summed E-state index contributed by atoms with van der Waals surface area (Å²) in [5, 5.41) is 29.2. The SMILES string of the molecule is Cc1ccc2c(c1)C(=O)C(=O)N2[C@@H]1OC[C@H](O)[C@H](O)[C@H]1O. The fraction of sp³-hybridized carbons (Fsp3) is 0.429. The van der Waals surface area contributed by atoms with Gasteiger partial charge >= 0.3 is 5.91 Å². The third kappa shape index (κ3) is 2.06. The molecular formula is C14H15NO6. The number of hydrogen-bond donors (Lipinski definition) is 3. The molecule has 2 aliphatic heterocycles. The van der Waals surface area contributed by atoms with Crippen LogP contribution in [0.15, 0.2) is 18.2 Å². The van der Waals surface area contributed by atoms with Crippen molar-refractivity contribution in [3.05, 3.63) is 29.3 Å². The monoisotopic (exact) mass is 293 g/mol. The predicted molar refractivity (Wildman–Crippen MR) is 70.8 cm³/mol. The Morgan fingerprint density at radius 3 is 2.62 bits per heavy atom. The summed E-state index contributed by atoms with van der Waals surface area (Å²) in [7, 11) is 0. The third-order valence-electron chi connectivity index (χ3n) is 3.80. The van der Waals surface area contributed by atoms with E-state index in [1.807, 2.05) is 0 Å². The van der Waals surface area contributed by atoms with Gasteiger partial charge in [-0.05, 0) is 19.1 Å². The van der Waals surface area contributed by atoms with Gasteiger partial charge in [-0.25, -0.2) is 0 Å². The van der Waals surface area contributed by atoms with Crippen LogP contribution in [0.5, 0.6) is 0 Å². The van der Waals surface area contributed by atoms with Crippen LogP contribution >= 0.6 is 0 Å². The van der Waals surface area contributed by atoms with E-state index in [1.54, 1.807) is 25.1 Å². The first-order valence-electron chi connectivity index (χ1n) is 6.56. The van der Waals surface area contributed by atoms with Crippen LogP contribution < -0.4 is 4.90 Å². The molecule has 4 atom stereocenters. The maximum absolute atomic E-state index is 12.1. The molecule has 1 saturated heterocycles. The van der Waals surface area contributed by atoms with Crippen LogP contribution in [0.1, 0.15) is 15.9 Å². The first-order valence-corrected chi connectivity index (χ1v) is 6.56. The van der Waals surface area contributed by atoms with Crippen molar-refractivity contribution in [1.82, 2.24) is 0 Å². The summed E-state index contributed by atoms with van der Waals surface area (Å²) >= 11 is 0. The first kappa shape index (κ1) is 14.2. The van der Waals surface area contributed by atoms with Crippen LogP contribution in [0.4, 0.5) is 5.69 Å². The second kappa shape index (κ2) is 4.88. The van der Waals surface area contributed by atoms with E-state index in [2.05, 4.69) is 0 Å². The van der Waals surface area contributed by atoms with Gasteiger partial charge in [0.15, 0.2) is 6.23 Å². The van der Waals surface area contributed by atoms with Crippen molar-refractivity contribution in [3.63, 3.8) is 0 Å². The molecule has 0 unspecified atom stereocenters. The summed E-state index contributed by atoms with van der Waals surface area (Å²) in [5.74, 6) is -1.49. The van der Waals surface area contributed by atoms with E-state index in [0.717, 1.165) is 10.5 Å². The molecule has 112 valence electrons. The van der Waals surface area contributed by atoms with E-state index in [0.29, 0.717) is 5.69 Å². The average Bonchev–Trinajstić information content (AvgIpc) is 2.70. The van der Waals surface area contributed by atoms with Gasteiger partial charge < -0.3 is 20.1 Å². The Kier molecular flexibility index (Phi) is 3.29. The molecule has 0 spiro atoms. The maximum atomic E-state index is 12.1. The maximum Gasteiger partial charge on any atom is 0.301 e.